The van der Waals surface area contributed by atoms with Crippen LogP contribution in [0.2, 0.25) is 0 Å². The first kappa shape index (κ1) is 11.1. The number of benzene rings is 1. The maximum atomic E-state index is 13.0. The molecule has 0 spiro atoms. The Bertz CT molecular complexity index is 328. The molecule has 0 saturated heterocycles. The van der Waals surface area contributed by atoms with Gasteiger partial charge in [-0.1, -0.05) is 18.2 Å². The van der Waals surface area contributed by atoms with Gasteiger partial charge in [0.15, 0.2) is 0 Å². The molecular formula is C10H10ClFO2. The van der Waals surface area contributed by atoms with Crippen LogP contribution in [0.4, 0.5) is 4.39 Å². The van der Waals surface area contributed by atoms with E-state index < -0.39 is 11.3 Å². The van der Waals surface area contributed by atoms with Crippen LogP contribution in [-0.2, 0) is 16.1 Å². The van der Waals surface area contributed by atoms with Crippen molar-refractivity contribution in [2.24, 2.45) is 0 Å². The van der Waals surface area contributed by atoms with E-state index in [1.807, 2.05) is 0 Å². The van der Waals surface area contributed by atoms with Gasteiger partial charge in [0, 0.05) is 5.56 Å². The van der Waals surface area contributed by atoms with Crippen molar-refractivity contribution in [1.82, 2.24) is 0 Å². The summed E-state index contributed by atoms with van der Waals surface area (Å²) in [6, 6.07) is 6.23. The van der Waals surface area contributed by atoms with Gasteiger partial charge in [0.1, 0.15) is 11.9 Å². The Morgan fingerprint density at radius 1 is 1.57 bits per heavy atom. The summed E-state index contributed by atoms with van der Waals surface area (Å²) in [5.74, 6) is -0.346. The van der Waals surface area contributed by atoms with Crippen LogP contribution >= 0.6 is 11.6 Å². The van der Waals surface area contributed by atoms with Crippen LogP contribution in [-0.4, -0.2) is 11.3 Å². The Hall–Kier alpha value is -0.930. The fourth-order valence-corrected chi connectivity index (χ4v) is 0.959. The minimum Gasteiger partial charge on any atom is -0.365 e. The molecule has 0 aliphatic rings. The van der Waals surface area contributed by atoms with Gasteiger partial charge in [-0.3, -0.25) is 4.79 Å². The SMILES string of the molecule is C[C@H](OCc1ccccc1F)C(=O)Cl. The van der Waals surface area contributed by atoms with Crippen molar-refractivity contribution in [3.8, 4) is 0 Å². The molecule has 0 saturated carbocycles. The van der Waals surface area contributed by atoms with Gasteiger partial charge < -0.3 is 4.74 Å². The van der Waals surface area contributed by atoms with E-state index in [2.05, 4.69) is 0 Å². The first-order valence-corrected chi connectivity index (χ1v) is 4.53. The molecule has 0 radical (unpaired) electrons. The van der Waals surface area contributed by atoms with E-state index in [9.17, 15) is 9.18 Å². The van der Waals surface area contributed by atoms with Gasteiger partial charge in [-0.05, 0) is 24.6 Å². The maximum absolute atomic E-state index is 13.0. The van der Waals surface area contributed by atoms with E-state index in [4.69, 9.17) is 16.3 Å². The summed E-state index contributed by atoms with van der Waals surface area (Å²) in [5.41, 5.74) is 0.414. The summed E-state index contributed by atoms with van der Waals surface area (Å²) < 4.78 is 18.1. The molecule has 1 atom stereocenters. The van der Waals surface area contributed by atoms with Crippen molar-refractivity contribution < 1.29 is 13.9 Å². The van der Waals surface area contributed by atoms with Crippen LogP contribution in [0, 0.1) is 5.82 Å². The number of halogens is 2. The Morgan fingerprint density at radius 2 is 2.21 bits per heavy atom. The lowest BCUT2D eigenvalue weighted by atomic mass is 10.2. The predicted octanol–water partition coefficient (Wildman–Crippen LogP) is 2.50. The molecule has 0 heterocycles. The summed E-state index contributed by atoms with van der Waals surface area (Å²) in [4.78, 5) is 10.6. The van der Waals surface area contributed by atoms with Crippen molar-refractivity contribution in [1.29, 1.82) is 0 Å². The molecule has 76 valence electrons. The molecular weight excluding hydrogens is 207 g/mol. The zero-order chi connectivity index (χ0) is 10.6. The molecule has 0 aromatic heterocycles. The van der Waals surface area contributed by atoms with Crippen LogP contribution in [0.1, 0.15) is 12.5 Å². The highest BCUT2D eigenvalue weighted by atomic mass is 35.5. The van der Waals surface area contributed by atoms with Gasteiger partial charge in [0.2, 0.25) is 5.24 Å². The van der Waals surface area contributed by atoms with Crippen molar-refractivity contribution in [2.45, 2.75) is 19.6 Å². The minimum atomic E-state index is -0.712. The summed E-state index contributed by atoms with van der Waals surface area (Å²) in [6.45, 7) is 1.57. The molecule has 0 fully saturated rings. The summed E-state index contributed by atoms with van der Waals surface area (Å²) in [6.07, 6.45) is -0.712. The average molecular weight is 217 g/mol. The van der Waals surface area contributed by atoms with Crippen LogP contribution in [0.3, 0.4) is 0 Å². The first-order chi connectivity index (χ1) is 6.61. The minimum absolute atomic E-state index is 0.0479. The lowest BCUT2D eigenvalue weighted by Gasteiger charge is -2.08. The fourth-order valence-electron chi connectivity index (χ4n) is 0.896. The predicted molar refractivity (Wildman–Crippen MR) is 51.5 cm³/mol. The van der Waals surface area contributed by atoms with Crippen LogP contribution in [0.15, 0.2) is 24.3 Å². The molecule has 2 nitrogen and oxygen atoms in total. The monoisotopic (exact) mass is 216 g/mol. The van der Waals surface area contributed by atoms with Crippen LogP contribution in [0.25, 0.3) is 0 Å². The average Bonchev–Trinajstić information content (AvgIpc) is 2.16. The van der Waals surface area contributed by atoms with Crippen molar-refractivity contribution in [3.05, 3.63) is 35.6 Å². The third-order valence-electron chi connectivity index (χ3n) is 1.77. The fraction of sp³-hybridized carbons (Fsp3) is 0.300. The normalized spacial score (nSPS) is 12.5. The van der Waals surface area contributed by atoms with E-state index in [-0.39, 0.29) is 12.4 Å². The highest BCUT2D eigenvalue weighted by molar-refractivity contribution is 6.64. The van der Waals surface area contributed by atoms with Gasteiger partial charge in [-0.2, -0.15) is 0 Å². The molecule has 1 aromatic rings. The van der Waals surface area contributed by atoms with E-state index in [1.54, 1.807) is 18.2 Å². The number of hydrogen-bond acceptors (Lipinski definition) is 2. The maximum Gasteiger partial charge on any atom is 0.250 e. The largest absolute Gasteiger partial charge is 0.365 e. The zero-order valence-electron chi connectivity index (χ0n) is 7.67. The van der Waals surface area contributed by atoms with E-state index in [1.165, 1.54) is 13.0 Å². The van der Waals surface area contributed by atoms with Gasteiger partial charge in [-0.15, -0.1) is 0 Å². The standard InChI is InChI=1S/C10H10ClFO2/c1-7(10(11)13)14-6-8-4-2-3-5-9(8)12/h2-5,7H,6H2,1H3/t7-/m0/s1. The zero-order valence-corrected chi connectivity index (χ0v) is 8.42. The Balaban J connectivity index is 2.54. The Labute approximate surface area is 86.6 Å². The smallest absolute Gasteiger partial charge is 0.250 e. The van der Waals surface area contributed by atoms with Crippen LogP contribution in [0.5, 0.6) is 0 Å². The molecule has 0 N–H and O–H groups in total. The van der Waals surface area contributed by atoms with Crippen molar-refractivity contribution >= 4 is 16.8 Å². The summed E-state index contributed by atoms with van der Waals surface area (Å²) >= 11 is 5.18. The molecule has 14 heavy (non-hydrogen) atoms. The molecule has 4 heteroatoms. The molecule has 1 rings (SSSR count). The second-order valence-corrected chi connectivity index (χ2v) is 3.22. The van der Waals surface area contributed by atoms with Gasteiger partial charge in [0.25, 0.3) is 0 Å². The molecule has 0 aliphatic carbocycles. The van der Waals surface area contributed by atoms with E-state index in [0.29, 0.717) is 5.56 Å². The highest BCUT2D eigenvalue weighted by Gasteiger charge is 2.10. The summed E-state index contributed by atoms with van der Waals surface area (Å²) in [5, 5.41) is -0.582. The molecule has 1 aromatic carbocycles. The number of carbonyl (C=O) groups excluding carboxylic acids is 1. The number of rotatable bonds is 4. The Morgan fingerprint density at radius 3 is 2.79 bits per heavy atom. The lowest BCUT2D eigenvalue weighted by molar-refractivity contribution is -0.122. The number of hydrogen-bond donors (Lipinski definition) is 0. The third-order valence-corrected chi connectivity index (χ3v) is 2.07. The highest BCUT2D eigenvalue weighted by Crippen LogP contribution is 2.09. The second-order valence-electron chi connectivity index (χ2n) is 2.85. The topological polar surface area (TPSA) is 26.3 Å². The van der Waals surface area contributed by atoms with Gasteiger partial charge >= 0.3 is 0 Å². The van der Waals surface area contributed by atoms with E-state index >= 15 is 0 Å². The summed E-state index contributed by atoms with van der Waals surface area (Å²) in [7, 11) is 0. The van der Waals surface area contributed by atoms with Crippen LogP contribution < -0.4 is 0 Å². The van der Waals surface area contributed by atoms with Crippen molar-refractivity contribution in [2.75, 3.05) is 0 Å². The molecule has 0 aliphatic heterocycles. The number of carbonyl (C=O) groups is 1. The Kier molecular flexibility index (Phi) is 4.04. The number of ether oxygens (including phenoxy) is 1. The quantitative estimate of drug-likeness (QED) is 0.723. The first-order valence-electron chi connectivity index (χ1n) is 4.15. The molecule has 0 unspecified atom stereocenters. The third kappa shape index (κ3) is 3.09. The molecule has 0 bridgehead atoms. The van der Waals surface area contributed by atoms with Crippen molar-refractivity contribution in [3.63, 3.8) is 0 Å². The van der Waals surface area contributed by atoms with Gasteiger partial charge in [0.05, 0.1) is 6.61 Å². The second kappa shape index (κ2) is 5.08. The van der Waals surface area contributed by atoms with Gasteiger partial charge in [-0.25, -0.2) is 4.39 Å². The van der Waals surface area contributed by atoms with E-state index in [0.717, 1.165) is 0 Å². The lowest BCUT2D eigenvalue weighted by Crippen LogP contribution is -2.15. The molecule has 0 amide bonds.